The number of rotatable bonds is 5. The van der Waals surface area contributed by atoms with E-state index in [1.807, 2.05) is 18.2 Å². The zero-order valence-corrected chi connectivity index (χ0v) is 14.5. The van der Waals surface area contributed by atoms with Crippen LogP contribution in [0.3, 0.4) is 0 Å². The lowest BCUT2D eigenvalue weighted by molar-refractivity contribution is 0.0434. The first-order valence-corrected chi connectivity index (χ1v) is 8.86. The van der Waals surface area contributed by atoms with Gasteiger partial charge in [-0.25, -0.2) is 22.5 Å². The Hall–Kier alpha value is -2.71. The molecule has 0 atom stereocenters. The van der Waals surface area contributed by atoms with Crippen LogP contribution in [0.25, 0.3) is 10.9 Å². The third-order valence-electron chi connectivity index (χ3n) is 3.53. The molecule has 0 N–H and O–H groups in total. The molecule has 0 aliphatic rings. The van der Waals surface area contributed by atoms with Gasteiger partial charge in [0.05, 0.1) is 5.52 Å². The topological polar surface area (TPSA) is 89.7 Å². The Balaban J connectivity index is 1.71. The van der Waals surface area contributed by atoms with Crippen molar-refractivity contribution < 1.29 is 22.4 Å². The molecule has 25 heavy (non-hydrogen) atoms. The van der Waals surface area contributed by atoms with E-state index in [2.05, 4.69) is 4.98 Å². The fraction of sp³-hybridized carbons (Fsp3) is 0.176. The van der Waals surface area contributed by atoms with Crippen LogP contribution in [0.4, 0.5) is 0 Å². The molecule has 0 spiro atoms. The summed E-state index contributed by atoms with van der Waals surface area (Å²) in [6, 6.07) is 13.6. The van der Waals surface area contributed by atoms with E-state index in [0.29, 0.717) is 5.52 Å². The SMILES string of the molecule is CN(C)S(=O)(=O)c1ccc(COC(=O)c2ccc3ccccc3n2)o1. The van der Waals surface area contributed by atoms with Crippen molar-refractivity contribution in [1.29, 1.82) is 0 Å². The quantitative estimate of drug-likeness (QED) is 0.649. The largest absolute Gasteiger partial charge is 0.453 e. The average Bonchev–Trinajstić information content (AvgIpc) is 3.09. The van der Waals surface area contributed by atoms with E-state index < -0.39 is 16.0 Å². The Morgan fingerprint density at radius 1 is 1.12 bits per heavy atom. The Morgan fingerprint density at radius 3 is 2.64 bits per heavy atom. The van der Waals surface area contributed by atoms with Crippen LogP contribution in [0.15, 0.2) is 58.0 Å². The maximum atomic E-state index is 12.1. The minimum Gasteiger partial charge on any atom is -0.453 e. The molecule has 3 rings (SSSR count). The van der Waals surface area contributed by atoms with Crippen LogP contribution in [0.1, 0.15) is 16.2 Å². The molecule has 0 saturated carbocycles. The monoisotopic (exact) mass is 360 g/mol. The number of benzene rings is 1. The van der Waals surface area contributed by atoms with Crippen LogP contribution in [-0.2, 0) is 21.4 Å². The molecule has 0 unspecified atom stereocenters. The second-order valence-electron chi connectivity index (χ2n) is 5.47. The molecule has 0 bridgehead atoms. The summed E-state index contributed by atoms with van der Waals surface area (Å²) in [5.74, 6) is -0.381. The highest BCUT2D eigenvalue weighted by molar-refractivity contribution is 7.88. The van der Waals surface area contributed by atoms with Crippen molar-refractivity contribution in [2.24, 2.45) is 0 Å². The van der Waals surface area contributed by atoms with Gasteiger partial charge in [-0.3, -0.25) is 0 Å². The smallest absolute Gasteiger partial charge is 0.357 e. The summed E-state index contributed by atoms with van der Waals surface area (Å²) in [4.78, 5) is 16.4. The lowest BCUT2D eigenvalue weighted by Crippen LogP contribution is -2.21. The molecule has 0 amide bonds. The number of fused-ring (bicyclic) bond motifs is 1. The predicted octanol–water partition coefficient (Wildman–Crippen LogP) is 2.44. The lowest BCUT2D eigenvalue weighted by atomic mass is 10.2. The lowest BCUT2D eigenvalue weighted by Gasteiger charge is -2.08. The third kappa shape index (κ3) is 3.54. The molecule has 0 aliphatic carbocycles. The molecule has 0 radical (unpaired) electrons. The molecule has 0 aliphatic heterocycles. The van der Waals surface area contributed by atoms with Gasteiger partial charge in [0.1, 0.15) is 18.1 Å². The van der Waals surface area contributed by atoms with Crippen LogP contribution in [-0.4, -0.2) is 37.8 Å². The van der Waals surface area contributed by atoms with E-state index in [1.165, 1.54) is 26.2 Å². The highest BCUT2D eigenvalue weighted by atomic mass is 32.2. The maximum absolute atomic E-state index is 12.1. The van der Waals surface area contributed by atoms with E-state index in [9.17, 15) is 13.2 Å². The van der Waals surface area contributed by atoms with Crippen molar-refractivity contribution in [3.8, 4) is 0 Å². The van der Waals surface area contributed by atoms with Crippen LogP contribution in [0.5, 0.6) is 0 Å². The minimum absolute atomic E-state index is 0.173. The van der Waals surface area contributed by atoms with Gasteiger partial charge in [-0.15, -0.1) is 0 Å². The fourth-order valence-corrected chi connectivity index (χ4v) is 2.96. The second-order valence-corrected chi connectivity index (χ2v) is 7.56. The fourth-order valence-electron chi connectivity index (χ4n) is 2.14. The van der Waals surface area contributed by atoms with E-state index in [1.54, 1.807) is 18.2 Å². The van der Waals surface area contributed by atoms with Crippen LogP contribution in [0.2, 0.25) is 0 Å². The van der Waals surface area contributed by atoms with Gasteiger partial charge in [-0.1, -0.05) is 24.3 Å². The van der Waals surface area contributed by atoms with Crippen molar-refractivity contribution in [2.45, 2.75) is 11.7 Å². The number of pyridine rings is 1. The Bertz CT molecular complexity index is 1020. The number of ether oxygens (including phenoxy) is 1. The summed E-state index contributed by atoms with van der Waals surface area (Å²) < 4.78 is 35.3. The normalized spacial score (nSPS) is 11.8. The molecular weight excluding hydrogens is 344 g/mol. The molecule has 0 fully saturated rings. The van der Waals surface area contributed by atoms with Crippen molar-refractivity contribution in [3.63, 3.8) is 0 Å². The predicted molar refractivity (Wildman–Crippen MR) is 90.4 cm³/mol. The summed E-state index contributed by atoms with van der Waals surface area (Å²) >= 11 is 0. The Morgan fingerprint density at radius 2 is 1.88 bits per heavy atom. The highest BCUT2D eigenvalue weighted by Crippen LogP contribution is 2.18. The first kappa shape index (κ1) is 17.1. The summed E-state index contributed by atoms with van der Waals surface area (Å²) in [6.07, 6.45) is 0. The van der Waals surface area contributed by atoms with Gasteiger partial charge in [-0.2, -0.15) is 0 Å². The van der Waals surface area contributed by atoms with Crippen molar-refractivity contribution in [1.82, 2.24) is 9.29 Å². The summed E-state index contributed by atoms with van der Waals surface area (Å²) in [6.45, 7) is -0.184. The molecule has 0 saturated heterocycles. The molecule has 1 aromatic carbocycles. The second kappa shape index (κ2) is 6.66. The van der Waals surface area contributed by atoms with Gasteiger partial charge in [-0.05, 0) is 24.3 Å². The van der Waals surface area contributed by atoms with Gasteiger partial charge >= 0.3 is 5.97 Å². The number of hydrogen-bond donors (Lipinski definition) is 0. The zero-order valence-electron chi connectivity index (χ0n) is 13.7. The maximum Gasteiger partial charge on any atom is 0.357 e. The number of sulfonamides is 1. The number of nitrogens with zero attached hydrogens (tertiary/aromatic N) is 2. The third-order valence-corrected chi connectivity index (χ3v) is 5.21. The highest BCUT2D eigenvalue weighted by Gasteiger charge is 2.22. The van der Waals surface area contributed by atoms with Crippen molar-refractivity contribution in [3.05, 3.63) is 60.0 Å². The van der Waals surface area contributed by atoms with Gasteiger partial charge < -0.3 is 9.15 Å². The summed E-state index contributed by atoms with van der Waals surface area (Å²) in [5.41, 5.74) is 0.862. The number of para-hydroxylation sites is 1. The molecular formula is C17H16N2O5S. The van der Waals surface area contributed by atoms with Crippen molar-refractivity contribution >= 4 is 26.9 Å². The molecule has 3 aromatic rings. The van der Waals surface area contributed by atoms with Crippen LogP contribution >= 0.6 is 0 Å². The number of carbonyl (C=O) groups excluding carboxylic acids is 1. The Labute approximate surface area is 144 Å². The van der Waals surface area contributed by atoms with E-state index in [4.69, 9.17) is 9.15 Å². The first-order chi connectivity index (χ1) is 11.9. The average molecular weight is 360 g/mol. The standard InChI is InChI=1S/C17H16N2O5S/c1-19(2)25(21,22)16-10-8-13(24-16)11-23-17(20)15-9-7-12-5-3-4-6-14(12)18-15/h3-10H,11H2,1-2H3. The number of carbonyl (C=O) groups is 1. The van der Waals surface area contributed by atoms with Crippen molar-refractivity contribution in [2.75, 3.05) is 14.1 Å². The van der Waals surface area contributed by atoms with Crippen LogP contribution in [0, 0.1) is 0 Å². The minimum atomic E-state index is -3.66. The van der Waals surface area contributed by atoms with Gasteiger partial charge in [0.15, 0.2) is 0 Å². The number of aromatic nitrogens is 1. The number of hydrogen-bond acceptors (Lipinski definition) is 6. The molecule has 2 heterocycles. The number of furan rings is 1. The summed E-state index contributed by atoms with van der Waals surface area (Å²) in [5, 5.41) is 0.719. The molecule has 130 valence electrons. The van der Waals surface area contributed by atoms with Gasteiger partial charge in [0, 0.05) is 19.5 Å². The van der Waals surface area contributed by atoms with E-state index >= 15 is 0 Å². The number of esters is 1. The summed E-state index contributed by atoms with van der Waals surface area (Å²) in [7, 11) is -0.846. The Kier molecular flexibility index (Phi) is 4.56. The van der Waals surface area contributed by atoms with Crippen LogP contribution < -0.4 is 0 Å². The molecule has 2 aromatic heterocycles. The first-order valence-electron chi connectivity index (χ1n) is 7.42. The van der Waals surface area contributed by atoms with E-state index in [-0.39, 0.29) is 23.2 Å². The molecule has 7 nitrogen and oxygen atoms in total. The van der Waals surface area contributed by atoms with E-state index in [0.717, 1.165) is 9.69 Å². The van der Waals surface area contributed by atoms with Gasteiger partial charge in [0.25, 0.3) is 10.0 Å². The molecule has 8 heteroatoms. The zero-order chi connectivity index (χ0) is 18.0. The van der Waals surface area contributed by atoms with Gasteiger partial charge in [0.2, 0.25) is 5.09 Å².